The molecule has 0 bridgehead atoms. The van der Waals surface area contributed by atoms with Gasteiger partial charge >= 0.3 is 5.97 Å². The first-order chi connectivity index (χ1) is 9.72. The van der Waals surface area contributed by atoms with Crippen molar-refractivity contribution in [2.75, 3.05) is 0 Å². The fraction of sp³-hybridized carbons (Fsp3) is 0.571. The Morgan fingerprint density at radius 1 is 1.62 bits per heavy atom. The van der Waals surface area contributed by atoms with Gasteiger partial charge in [0, 0.05) is 12.2 Å². The van der Waals surface area contributed by atoms with Crippen LogP contribution in [0.5, 0.6) is 0 Å². The number of carbonyl (C=O) groups excluding carboxylic acids is 1. The van der Waals surface area contributed by atoms with Crippen LogP contribution in [0.1, 0.15) is 37.6 Å². The van der Waals surface area contributed by atoms with Crippen molar-refractivity contribution in [3.05, 3.63) is 18.0 Å². The smallest absolute Gasteiger partial charge is 0.338 e. The summed E-state index contributed by atoms with van der Waals surface area (Å²) in [6.07, 6.45) is 3.23. The molecule has 1 saturated carbocycles. The molecule has 1 amide bonds. The first-order valence-electron chi connectivity index (χ1n) is 6.70. The minimum atomic E-state index is -1.04. The number of carboxylic acid groups (broad SMARTS) is 1. The highest BCUT2D eigenvalue weighted by atomic mass is 16.4. The zero-order valence-electron chi connectivity index (χ0n) is 12.3. The Morgan fingerprint density at radius 3 is 2.67 bits per heavy atom. The molecule has 1 aromatic rings. The van der Waals surface area contributed by atoms with Gasteiger partial charge in [-0.15, -0.1) is 0 Å². The van der Waals surface area contributed by atoms with Crippen molar-refractivity contribution in [2.24, 2.45) is 10.8 Å². The number of aromatic carboxylic acids is 1. The first kappa shape index (κ1) is 15.0. The van der Waals surface area contributed by atoms with E-state index >= 15 is 0 Å². The van der Waals surface area contributed by atoms with E-state index in [1.165, 1.54) is 17.1 Å². The molecule has 0 saturated heterocycles. The maximum atomic E-state index is 12.2. The molecule has 21 heavy (non-hydrogen) atoms. The molecular formula is C14H18N4O3. The van der Waals surface area contributed by atoms with E-state index in [0.717, 1.165) is 0 Å². The molecule has 1 aliphatic carbocycles. The summed E-state index contributed by atoms with van der Waals surface area (Å²) in [7, 11) is 0. The van der Waals surface area contributed by atoms with Gasteiger partial charge in [-0.25, -0.2) is 4.79 Å². The molecule has 2 unspecified atom stereocenters. The summed E-state index contributed by atoms with van der Waals surface area (Å²) in [5.74, 6) is -1.31. The van der Waals surface area contributed by atoms with Crippen LogP contribution < -0.4 is 5.32 Å². The van der Waals surface area contributed by atoms with E-state index in [2.05, 4.69) is 16.5 Å². The third-order valence-corrected chi connectivity index (χ3v) is 4.03. The number of hydrogen-bond acceptors (Lipinski definition) is 4. The van der Waals surface area contributed by atoms with Crippen LogP contribution in [0, 0.1) is 22.2 Å². The summed E-state index contributed by atoms with van der Waals surface area (Å²) >= 11 is 0. The maximum absolute atomic E-state index is 12.2. The van der Waals surface area contributed by atoms with Crippen LogP contribution in [-0.4, -0.2) is 32.8 Å². The average molecular weight is 290 g/mol. The van der Waals surface area contributed by atoms with E-state index in [0.29, 0.717) is 13.0 Å². The van der Waals surface area contributed by atoms with Crippen molar-refractivity contribution in [3.8, 4) is 6.07 Å². The third kappa shape index (κ3) is 2.61. The van der Waals surface area contributed by atoms with Crippen LogP contribution >= 0.6 is 0 Å². The summed E-state index contributed by atoms with van der Waals surface area (Å²) in [5.41, 5.74) is -1.14. The molecule has 2 N–H and O–H groups in total. The number of amides is 1. The number of aromatic nitrogens is 2. The van der Waals surface area contributed by atoms with Gasteiger partial charge in [0.2, 0.25) is 5.91 Å². The van der Waals surface area contributed by atoms with Crippen molar-refractivity contribution in [1.29, 1.82) is 5.26 Å². The van der Waals surface area contributed by atoms with Crippen molar-refractivity contribution >= 4 is 11.9 Å². The van der Waals surface area contributed by atoms with Crippen LogP contribution in [0.2, 0.25) is 0 Å². The molecule has 2 atom stereocenters. The van der Waals surface area contributed by atoms with Crippen molar-refractivity contribution < 1.29 is 14.7 Å². The van der Waals surface area contributed by atoms with Crippen LogP contribution in [-0.2, 0) is 11.3 Å². The predicted octanol–water partition coefficient (Wildman–Crippen LogP) is 1.03. The Kier molecular flexibility index (Phi) is 3.49. The molecule has 1 fully saturated rings. The molecule has 112 valence electrons. The summed E-state index contributed by atoms with van der Waals surface area (Å²) in [5, 5.41) is 24.8. The Morgan fingerprint density at radius 2 is 2.24 bits per heavy atom. The monoisotopic (exact) mass is 290 g/mol. The highest BCUT2D eigenvalue weighted by Crippen LogP contribution is 2.63. The molecule has 0 spiro atoms. The van der Waals surface area contributed by atoms with E-state index in [-0.39, 0.29) is 22.9 Å². The summed E-state index contributed by atoms with van der Waals surface area (Å²) in [6.45, 7) is 5.93. The highest BCUT2D eigenvalue weighted by molar-refractivity contribution is 5.90. The number of carboxylic acids is 1. The van der Waals surface area contributed by atoms with Crippen molar-refractivity contribution in [3.63, 3.8) is 0 Å². The lowest BCUT2D eigenvalue weighted by molar-refractivity contribution is -0.126. The second-order valence-corrected chi connectivity index (χ2v) is 6.21. The Labute approximate surface area is 122 Å². The fourth-order valence-corrected chi connectivity index (χ4v) is 2.50. The standard InChI is InChI=1S/C14H18N4O3/c1-9(5-18-6-10(4-16-18)11(19)20)17-12(21)14(8-15)7-13(14,2)3/h4,6,9H,5,7H2,1-3H3,(H,17,21)(H,19,20). The number of rotatable bonds is 5. The van der Waals surface area contributed by atoms with Crippen molar-refractivity contribution in [1.82, 2.24) is 15.1 Å². The van der Waals surface area contributed by atoms with Gasteiger partial charge < -0.3 is 10.4 Å². The quantitative estimate of drug-likeness (QED) is 0.841. The molecule has 1 heterocycles. The van der Waals surface area contributed by atoms with Crippen LogP contribution in [0.3, 0.4) is 0 Å². The maximum Gasteiger partial charge on any atom is 0.338 e. The number of nitrogens with one attached hydrogen (secondary N) is 1. The minimum absolute atomic E-state index is 0.102. The van der Waals surface area contributed by atoms with Crippen molar-refractivity contribution in [2.45, 2.75) is 39.8 Å². The molecule has 0 aliphatic heterocycles. The summed E-state index contributed by atoms with van der Waals surface area (Å²) in [6, 6.07) is 1.87. The molecule has 2 rings (SSSR count). The van der Waals surface area contributed by atoms with Gasteiger partial charge in [-0.1, -0.05) is 13.8 Å². The van der Waals surface area contributed by atoms with E-state index in [1.54, 1.807) is 6.92 Å². The largest absolute Gasteiger partial charge is 0.478 e. The second-order valence-electron chi connectivity index (χ2n) is 6.21. The Balaban J connectivity index is 1.96. The topological polar surface area (TPSA) is 108 Å². The van der Waals surface area contributed by atoms with Gasteiger partial charge in [-0.3, -0.25) is 9.48 Å². The summed E-state index contributed by atoms with van der Waals surface area (Å²) < 4.78 is 1.46. The molecule has 1 aliphatic rings. The first-order valence-corrected chi connectivity index (χ1v) is 6.70. The van der Waals surface area contributed by atoms with E-state index < -0.39 is 11.4 Å². The van der Waals surface area contributed by atoms with Gasteiger partial charge in [-0.05, 0) is 18.8 Å². The highest BCUT2D eigenvalue weighted by Gasteiger charge is 2.67. The van der Waals surface area contributed by atoms with Gasteiger partial charge in [0.15, 0.2) is 0 Å². The Hall–Kier alpha value is -2.36. The summed E-state index contributed by atoms with van der Waals surface area (Å²) in [4.78, 5) is 23.0. The predicted molar refractivity (Wildman–Crippen MR) is 73.2 cm³/mol. The van der Waals surface area contributed by atoms with Gasteiger partial charge in [0.05, 0.1) is 24.4 Å². The normalized spacial score (nSPS) is 23.9. The SMILES string of the molecule is CC(Cn1cc(C(=O)O)cn1)NC(=O)C1(C#N)CC1(C)C. The Bertz CT molecular complexity index is 628. The van der Waals surface area contributed by atoms with Gasteiger partial charge in [-0.2, -0.15) is 10.4 Å². The van der Waals surface area contributed by atoms with Gasteiger partial charge in [0.25, 0.3) is 0 Å². The average Bonchev–Trinajstić information content (AvgIpc) is 2.73. The zero-order valence-corrected chi connectivity index (χ0v) is 12.3. The number of hydrogen-bond donors (Lipinski definition) is 2. The van der Waals surface area contributed by atoms with Crippen LogP contribution in [0.25, 0.3) is 0 Å². The van der Waals surface area contributed by atoms with E-state index in [4.69, 9.17) is 5.11 Å². The van der Waals surface area contributed by atoms with Crippen LogP contribution in [0.4, 0.5) is 0 Å². The molecular weight excluding hydrogens is 272 g/mol. The molecule has 0 aromatic carbocycles. The van der Waals surface area contributed by atoms with E-state index in [9.17, 15) is 14.9 Å². The number of nitriles is 1. The zero-order chi connectivity index (χ0) is 15.8. The molecule has 7 nitrogen and oxygen atoms in total. The van der Waals surface area contributed by atoms with Crippen LogP contribution in [0.15, 0.2) is 12.4 Å². The number of carbonyl (C=O) groups is 2. The minimum Gasteiger partial charge on any atom is -0.478 e. The molecule has 0 radical (unpaired) electrons. The second kappa shape index (κ2) is 4.88. The lowest BCUT2D eigenvalue weighted by atomic mass is 9.96. The molecule has 7 heteroatoms. The lowest BCUT2D eigenvalue weighted by Crippen LogP contribution is -2.41. The fourth-order valence-electron chi connectivity index (χ4n) is 2.50. The third-order valence-electron chi connectivity index (χ3n) is 4.03. The van der Waals surface area contributed by atoms with E-state index in [1.807, 2.05) is 13.8 Å². The van der Waals surface area contributed by atoms with Gasteiger partial charge in [0.1, 0.15) is 5.41 Å². The molecule has 1 aromatic heterocycles. The number of nitrogens with zero attached hydrogens (tertiary/aromatic N) is 3. The lowest BCUT2D eigenvalue weighted by Gasteiger charge is -2.18.